The number of fused-ring (bicyclic) bond motifs is 1. The Kier molecular flexibility index (Phi) is 3.31. The molecule has 5 heteroatoms. The van der Waals surface area contributed by atoms with Crippen LogP contribution in [-0.2, 0) is 0 Å². The molecule has 2 N–H and O–H groups in total. The van der Waals surface area contributed by atoms with Gasteiger partial charge in [0.25, 0.3) is 0 Å². The first kappa shape index (κ1) is 8.77. The summed E-state index contributed by atoms with van der Waals surface area (Å²) in [7, 11) is 0. The van der Waals surface area contributed by atoms with Crippen LogP contribution in [0, 0.1) is 0 Å². The van der Waals surface area contributed by atoms with Gasteiger partial charge in [-0.2, -0.15) is 0 Å². The largest absolute Gasteiger partial charge is 0.482 e. The van der Waals surface area contributed by atoms with Gasteiger partial charge in [-0.15, -0.1) is 0 Å². The van der Waals surface area contributed by atoms with Crippen LogP contribution in [0.2, 0.25) is 0 Å². The number of hydrogen-bond acceptors (Lipinski definition) is 4. The highest BCUT2D eigenvalue weighted by Crippen LogP contribution is 2.09. The van der Waals surface area contributed by atoms with Gasteiger partial charge in [0, 0.05) is 0 Å². The van der Waals surface area contributed by atoms with E-state index >= 15 is 0 Å². The molecule has 0 amide bonds. The van der Waals surface area contributed by atoms with E-state index in [2.05, 4.69) is 4.98 Å². The van der Waals surface area contributed by atoms with Crippen molar-refractivity contribution < 1.29 is 14.5 Å². The summed E-state index contributed by atoms with van der Waals surface area (Å²) in [5.74, 6) is 0. The standard InChI is InChI=1S/C7H5NO.BH2O2/c1-2-4-7-6(3-1)8-5-9-7;2-1-3/h1-5H;2-3H. The molecule has 0 atom stereocenters. The lowest BCUT2D eigenvalue weighted by Gasteiger charge is -1.79. The molecule has 1 aromatic carbocycles. The molecule has 4 nitrogen and oxygen atoms in total. The fraction of sp³-hybridized carbons (Fsp3) is 0. The summed E-state index contributed by atoms with van der Waals surface area (Å²) in [5, 5.41) is 14.0. The second kappa shape index (κ2) is 4.53. The summed E-state index contributed by atoms with van der Waals surface area (Å²) >= 11 is 0. The van der Waals surface area contributed by atoms with Gasteiger partial charge in [0.2, 0.25) is 0 Å². The number of benzene rings is 1. The van der Waals surface area contributed by atoms with Crippen LogP contribution in [0.3, 0.4) is 0 Å². The molecule has 1 aromatic heterocycles. The zero-order chi connectivity index (χ0) is 8.81. The van der Waals surface area contributed by atoms with Crippen molar-refractivity contribution >= 4 is 18.8 Å². The molecule has 2 aromatic rings. The topological polar surface area (TPSA) is 66.5 Å². The molecule has 0 saturated heterocycles. The number of rotatable bonds is 0. The lowest BCUT2D eigenvalue weighted by Crippen LogP contribution is -1.75. The summed E-state index contributed by atoms with van der Waals surface area (Å²) in [6.07, 6.45) is 1.45. The number of hydrogen-bond donors (Lipinski definition) is 2. The van der Waals surface area contributed by atoms with Gasteiger partial charge in [0.05, 0.1) is 0 Å². The van der Waals surface area contributed by atoms with E-state index in [1.807, 2.05) is 24.3 Å². The third-order valence-electron chi connectivity index (χ3n) is 1.24. The molecule has 61 valence electrons. The Bertz CT molecular complexity index is 306. The zero-order valence-electron chi connectivity index (χ0n) is 6.21. The third-order valence-corrected chi connectivity index (χ3v) is 1.24. The van der Waals surface area contributed by atoms with Gasteiger partial charge in [-0.05, 0) is 12.1 Å². The number of nitrogens with zero attached hydrogens (tertiary/aromatic N) is 1. The molecule has 0 unspecified atom stereocenters. The van der Waals surface area contributed by atoms with Crippen molar-refractivity contribution in [3.05, 3.63) is 30.7 Å². The van der Waals surface area contributed by atoms with Gasteiger partial charge in [-0.25, -0.2) is 4.98 Å². The van der Waals surface area contributed by atoms with Gasteiger partial charge in [-0.1, -0.05) is 12.1 Å². The smallest absolute Gasteiger partial charge is 0.443 e. The maximum absolute atomic E-state index is 7.00. The first-order valence-corrected chi connectivity index (χ1v) is 3.27. The van der Waals surface area contributed by atoms with E-state index in [9.17, 15) is 0 Å². The van der Waals surface area contributed by atoms with Crippen LogP contribution in [0.5, 0.6) is 0 Å². The summed E-state index contributed by atoms with van der Waals surface area (Å²) in [4.78, 5) is 3.95. The molecular weight excluding hydrogens is 157 g/mol. The molecule has 0 aliphatic carbocycles. The van der Waals surface area contributed by atoms with Crippen LogP contribution >= 0.6 is 0 Å². The van der Waals surface area contributed by atoms with Crippen molar-refractivity contribution in [3.8, 4) is 0 Å². The average Bonchev–Trinajstić information content (AvgIpc) is 2.52. The third kappa shape index (κ3) is 2.08. The Morgan fingerprint density at radius 1 is 1.25 bits per heavy atom. The predicted octanol–water partition coefficient (Wildman–Crippen LogP) is 0.333. The second-order valence-corrected chi connectivity index (χ2v) is 1.94. The summed E-state index contributed by atoms with van der Waals surface area (Å²) in [6, 6.07) is 7.67. The fourth-order valence-corrected chi connectivity index (χ4v) is 0.803. The van der Waals surface area contributed by atoms with Crippen molar-refractivity contribution in [2.75, 3.05) is 0 Å². The highest BCUT2D eigenvalue weighted by molar-refractivity contribution is 6.13. The van der Waals surface area contributed by atoms with Gasteiger partial charge in [0.15, 0.2) is 12.0 Å². The van der Waals surface area contributed by atoms with E-state index in [0.717, 1.165) is 11.1 Å². The minimum Gasteiger partial charge on any atom is -0.443 e. The lowest BCUT2D eigenvalue weighted by molar-refractivity contribution is 0.448. The molecule has 12 heavy (non-hydrogen) atoms. The van der Waals surface area contributed by atoms with Crippen molar-refractivity contribution in [1.82, 2.24) is 4.98 Å². The summed E-state index contributed by atoms with van der Waals surface area (Å²) in [6.45, 7) is 0. The lowest BCUT2D eigenvalue weighted by atomic mass is 10.3. The van der Waals surface area contributed by atoms with Crippen LogP contribution in [0.4, 0.5) is 0 Å². The second-order valence-electron chi connectivity index (χ2n) is 1.94. The summed E-state index contributed by atoms with van der Waals surface area (Å²) < 4.78 is 5.01. The number of para-hydroxylation sites is 2. The maximum atomic E-state index is 7.00. The quantitative estimate of drug-likeness (QED) is 0.550. The Morgan fingerprint density at radius 2 is 1.92 bits per heavy atom. The zero-order valence-corrected chi connectivity index (χ0v) is 6.21. The predicted molar refractivity (Wildman–Crippen MR) is 44.2 cm³/mol. The van der Waals surface area contributed by atoms with E-state index in [1.165, 1.54) is 6.39 Å². The monoisotopic (exact) mass is 164 g/mol. The highest BCUT2D eigenvalue weighted by atomic mass is 16.4. The molecule has 2 rings (SSSR count). The van der Waals surface area contributed by atoms with Gasteiger partial charge >= 0.3 is 7.69 Å². The van der Waals surface area contributed by atoms with E-state index in [4.69, 9.17) is 14.5 Å². The van der Waals surface area contributed by atoms with Crippen LogP contribution in [-0.4, -0.2) is 22.7 Å². The fourth-order valence-electron chi connectivity index (χ4n) is 0.803. The molecular formula is C7H7BNO3. The first-order chi connectivity index (χ1) is 5.88. The number of oxazole rings is 1. The molecule has 1 radical (unpaired) electrons. The van der Waals surface area contributed by atoms with Crippen molar-refractivity contribution in [3.63, 3.8) is 0 Å². The molecule has 1 heterocycles. The molecule has 0 aliphatic heterocycles. The minimum absolute atomic E-state index is 0. The van der Waals surface area contributed by atoms with Crippen molar-refractivity contribution in [2.24, 2.45) is 0 Å². The Morgan fingerprint density at radius 3 is 2.58 bits per heavy atom. The van der Waals surface area contributed by atoms with Crippen LogP contribution in [0.15, 0.2) is 35.1 Å². The summed E-state index contributed by atoms with van der Waals surface area (Å²) in [5.41, 5.74) is 1.76. The first-order valence-electron chi connectivity index (χ1n) is 3.27. The van der Waals surface area contributed by atoms with Crippen molar-refractivity contribution in [1.29, 1.82) is 0 Å². The molecule has 0 saturated carbocycles. The van der Waals surface area contributed by atoms with E-state index < -0.39 is 0 Å². The average molecular weight is 164 g/mol. The van der Waals surface area contributed by atoms with E-state index in [1.54, 1.807) is 0 Å². The Hall–Kier alpha value is -1.33. The number of aromatic nitrogens is 1. The van der Waals surface area contributed by atoms with Gasteiger partial charge in [-0.3, -0.25) is 0 Å². The molecule has 0 bridgehead atoms. The minimum atomic E-state index is 0. The van der Waals surface area contributed by atoms with Gasteiger partial charge in [0.1, 0.15) is 5.52 Å². The SMILES string of the molecule is O[B]O.c1ccc2ocnc2c1. The highest BCUT2D eigenvalue weighted by Gasteiger charge is 1.91. The van der Waals surface area contributed by atoms with Gasteiger partial charge < -0.3 is 14.5 Å². The maximum Gasteiger partial charge on any atom is 0.482 e. The molecule has 0 fully saturated rings. The molecule has 0 aliphatic rings. The normalized spacial score (nSPS) is 8.83. The van der Waals surface area contributed by atoms with Crippen LogP contribution < -0.4 is 0 Å². The van der Waals surface area contributed by atoms with Crippen LogP contribution in [0.1, 0.15) is 0 Å². The Labute approximate surface area is 69.8 Å². The van der Waals surface area contributed by atoms with Crippen molar-refractivity contribution in [2.45, 2.75) is 0 Å². The van der Waals surface area contributed by atoms with E-state index in [0.29, 0.717) is 0 Å². The molecule has 0 spiro atoms. The van der Waals surface area contributed by atoms with Crippen LogP contribution in [0.25, 0.3) is 11.1 Å². The van der Waals surface area contributed by atoms with E-state index in [-0.39, 0.29) is 7.69 Å². The Balaban J connectivity index is 0.000000213.